The molecule has 0 radical (unpaired) electrons. The molecule has 0 spiro atoms. The molecule has 1 aliphatic heterocycles. The van der Waals surface area contributed by atoms with Crippen molar-refractivity contribution in [1.29, 1.82) is 0 Å². The van der Waals surface area contributed by atoms with Crippen LogP contribution in [0.25, 0.3) is 0 Å². The lowest BCUT2D eigenvalue weighted by molar-refractivity contribution is 0.0135. The van der Waals surface area contributed by atoms with Gasteiger partial charge in [-0.3, -0.25) is 0 Å². The van der Waals surface area contributed by atoms with Crippen LogP contribution in [0.5, 0.6) is 0 Å². The van der Waals surface area contributed by atoms with E-state index >= 15 is 0 Å². The Kier molecular flexibility index (Phi) is 2.72. The summed E-state index contributed by atoms with van der Waals surface area (Å²) >= 11 is 3.23. The van der Waals surface area contributed by atoms with Gasteiger partial charge < -0.3 is 8.80 Å². The summed E-state index contributed by atoms with van der Waals surface area (Å²) in [6.45, 7) is 0.929. The Labute approximate surface area is 57.0 Å². The minimum atomic E-state index is -0.186. The average Bonchev–Trinajstić information content (AvgIpc) is 2.14. The van der Waals surface area contributed by atoms with E-state index in [0.717, 1.165) is 14.0 Å². The van der Waals surface area contributed by atoms with Crippen molar-refractivity contribution in [3.05, 3.63) is 0 Å². The van der Waals surface area contributed by atoms with Crippen molar-refractivity contribution >= 4 is 35.1 Å². The number of hydrogen-bond acceptors (Lipinski definition) is 2. The van der Waals surface area contributed by atoms with Gasteiger partial charge in [-0.1, -0.05) is 0 Å². The van der Waals surface area contributed by atoms with Crippen molar-refractivity contribution in [3.63, 3.8) is 0 Å². The molecule has 1 rings (SSSR count). The maximum atomic E-state index is 5.15. The molecule has 1 fully saturated rings. The fourth-order valence-electron chi connectivity index (χ4n) is 0.593. The summed E-state index contributed by atoms with van der Waals surface area (Å²) < 4.78 is 2.04. The lowest BCUT2D eigenvalue weighted by atomic mass is 9.94. The van der Waals surface area contributed by atoms with Gasteiger partial charge >= 0.3 is 13.6 Å². The largest absolute Gasteiger partial charge is 0.458 e. The predicted molar refractivity (Wildman–Crippen MR) is 35.8 cm³/mol. The van der Waals surface area contributed by atoms with E-state index in [1.807, 2.05) is 3.96 Å². The van der Waals surface area contributed by atoms with Crippen LogP contribution in [-0.2, 0) is 4.84 Å². The molecule has 2 nitrogen and oxygen atoms in total. The van der Waals surface area contributed by atoms with Gasteiger partial charge in [0.2, 0.25) is 7.41 Å². The molecule has 1 saturated heterocycles. The normalized spacial score (nSPS) is 21.9. The topological polar surface area (TPSA) is 12.5 Å². The lowest BCUT2D eigenvalue weighted by Gasteiger charge is -2.05. The van der Waals surface area contributed by atoms with Gasteiger partial charge in [0.15, 0.2) is 0 Å². The molecule has 1 heterocycles. The highest BCUT2D eigenvalue weighted by atomic mass is 79.9. The first-order valence-corrected chi connectivity index (χ1v) is 6.90. The Bertz CT molecular complexity index is 59.7. The van der Waals surface area contributed by atoms with Crippen LogP contribution in [0.3, 0.4) is 0 Å². The van der Waals surface area contributed by atoms with Gasteiger partial charge in [0.25, 0.3) is 0 Å². The molecule has 0 unspecified atom stereocenters. The molecule has 38 valence electrons. The van der Waals surface area contributed by atoms with Crippen LogP contribution in [0, 0.1) is 0 Å². The zero-order chi connectivity index (χ0) is 5.11. The highest BCUT2D eigenvalue weighted by Gasteiger charge is 2.12. The summed E-state index contributed by atoms with van der Waals surface area (Å²) in [6.07, 6.45) is 1.21. The molecule has 0 aromatic carbocycles. The van der Waals surface area contributed by atoms with Crippen molar-refractivity contribution < 1.29 is 4.84 Å². The van der Waals surface area contributed by atoms with E-state index in [9.17, 15) is 0 Å². The van der Waals surface area contributed by atoms with Gasteiger partial charge in [-0.2, -0.15) is 14.1 Å². The average molecular weight is 178 g/mol. The zero-order valence-corrected chi connectivity index (χ0v) is 7.06. The van der Waals surface area contributed by atoms with Gasteiger partial charge in [0.05, 0.1) is 6.61 Å². The summed E-state index contributed by atoms with van der Waals surface area (Å²) in [5.74, 6) is 0. The SMILES string of the molecule is [Br][AlH][N]1BCCO1. The van der Waals surface area contributed by atoms with E-state index in [4.69, 9.17) is 4.84 Å². The maximum absolute atomic E-state index is 5.15. The molecule has 0 amide bonds. The van der Waals surface area contributed by atoms with Crippen molar-refractivity contribution in [2.75, 3.05) is 6.61 Å². The summed E-state index contributed by atoms with van der Waals surface area (Å²) in [5.41, 5.74) is 0. The standard InChI is InChI=1S/C2H5BNO.Al.BrH.H/c1-2-5-4-3-1;;;/h3H,1-2H2;;1H;/q-1;+2;;/p-1. The quantitative estimate of drug-likeness (QED) is 0.509. The number of rotatable bonds is 1. The van der Waals surface area contributed by atoms with E-state index < -0.39 is 0 Å². The third-order valence-electron chi connectivity index (χ3n) is 0.959. The number of nitrogens with zero attached hydrogens (tertiary/aromatic N) is 1. The molecule has 0 N–H and O–H groups in total. The summed E-state index contributed by atoms with van der Waals surface area (Å²) in [5, 5.41) is 0. The van der Waals surface area contributed by atoms with Gasteiger partial charge in [-0.15, -0.1) is 0 Å². The molecule has 1 aliphatic rings. The molecule has 7 heavy (non-hydrogen) atoms. The fraction of sp³-hybridized carbons (Fsp3) is 1.00. The number of hydrogen-bond donors (Lipinski definition) is 0. The minimum absolute atomic E-state index is 0.186. The highest BCUT2D eigenvalue weighted by Crippen LogP contribution is 2.01. The fourth-order valence-corrected chi connectivity index (χ4v) is 2.32. The van der Waals surface area contributed by atoms with Crippen LogP contribution < -0.4 is 0 Å². The van der Waals surface area contributed by atoms with E-state index in [1.165, 1.54) is 6.32 Å². The third kappa shape index (κ3) is 1.75. The number of halogens is 1. The van der Waals surface area contributed by atoms with E-state index in [2.05, 4.69) is 14.1 Å². The van der Waals surface area contributed by atoms with Gasteiger partial charge in [-0.25, -0.2) is 0 Å². The summed E-state index contributed by atoms with van der Waals surface area (Å²) in [4.78, 5) is 5.15. The first-order chi connectivity index (χ1) is 3.43. The van der Waals surface area contributed by atoms with Crippen molar-refractivity contribution in [2.45, 2.75) is 6.32 Å². The van der Waals surface area contributed by atoms with Crippen LogP contribution in [-0.4, -0.2) is 31.6 Å². The second kappa shape index (κ2) is 3.11. The van der Waals surface area contributed by atoms with Crippen molar-refractivity contribution in [3.8, 4) is 0 Å². The Hall–Kier alpha value is 0.997. The van der Waals surface area contributed by atoms with Crippen molar-refractivity contribution in [2.24, 2.45) is 0 Å². The molecule has 5 heteroatoms. The van der Waals surface area contributed by atoms with Crippen LogP contribution >= 0.6 is 14.1 Å². The molecule has 0 saturated carbocycles. The molecule has 0 bridgehead atoms. The first kappa shape index (κ1) is 6.12. The van der Waals surface area contributed by atoms with Crippen LogP contribution in [0.1, 0.15) is 0 Å². The van der Waals surface area contributed by atoms with Crippen molar-refractivity contribution in [1.82, 2.24) is 3.96 Å². The smallest absolute Gasteiger partial charge is 0.332 e. The lowest BCUT2D eigenvalue weighted by Crippen LogP contribution is -2.20. The van der Waals surface area contributed by atoms with Gasteiger partial charge in [-0.05, 0) is 6.32 Å². The first-order valence-electron chi connectivity index (χ1n) is 2.37. The molecular weight excluding hydrogens is 172 g/mol. The Morgan fingerprint density at radius 1 is 1.86 bits per heavy atom. The van der Waals surface area contributed by atoms with Crippen LogP contribution in [0.2, 0.25) is 6.32 Å². The Balaban J connectivity index is 2.14. The van der Waals surface area contributed by atoms with Gasteiger partial charge in [0, 0.05) is 0 Å². The summed E-state index contributed by atoms with van der Waals surface area (Å²) in [6, 6.07) is 0. The second-order valence-corrected chi connectivity index (χ2v) is 3.96. The van der Waals surface area contributed by atoms with E-state index in [-0.39, 0.29) is 13.6 Å². The monoisotopic (exact) mass is 177 g/mol. The molecule has 0 aromatic heterocycles. The molecule has 0 aliphatic carbocycles. The van der Waals surface area contributed by atoms with Crippen LogP contribution in [0.4, 0.5) is 0 Å². The summed E-state index contributed by atoms with van der Waals surface area (Å²) in [7, 11) is 1.14. The minimum Gasteiger partial charge on any atom is -0.332 e. The highest BCUT2D eigenvalue weighted by molar-refractivity contribution is 9.23. The second-order valence-electron chi connectivity index (χ2n) is 1.51. The maximum Gasteiger partial charge on any atom is 0.458 e. The molecule has 0 aromatic rings. The van der Waals surface area contributed by atoms with Crippen LogP contribution in [0.15, 0.2) is 0 Å². The Morgan fingerprint density at radius 3 is 3.00 bits per heavy atom. The van der Waals surface area contributed by atoms with Gasteiger partial charge in [0.1, 0.15) is 0 Å². The van der Waals surface area contributed by atoms with E-state index in [1.54, 1.807) is 0 Å². The zero-order valence-electron chi connectivity index (χ0n) is 4.06. The van der Waals surface area contributed by atoms with E-state index in [0.29, 0.717) is 0 Å². The third-order valence-corrected chi connectivity index (χ3v) is 3.40. The Morgan fingerprint density at radius 2 is 2.71 bits per heavy atom. The molecular formula is C2H6AlBBrNO. The predicted octanol–water partition coefficient (Wildman–Crippen LogP) is -0.335. The molecule has 0 atom stereocenters.